The summed E-state index contributed by atoms with van der Waals surface area (Å²) in [5.74, 6) is 0.737. The van der Waals surface area contributed by atoms with Crippen LogP contribution in [0.1, 0.15) is 36.1 Å². The minimum Gasteiger partial charge on any atom is -0.391 e. The van der Waals surface area contributed by atoms with Crippen molar-refractivity contribution >= 4 is 11.3 Å². The van der Waals surface area contributed by atoms with Crippen LogP contribution in [0.5, 0.6) is 0 Å². The molecule has 1 aromatic rings. The molecular weight excluding hydrogens is 208 g/mol. The molecule has 0 bridgehead atoms. The summed E-state index contributed by atoms with van der Waals surface area (Å²) >= 11 is 1.65. The largest absolute Gasteiger partial charge is 0.391 e. The molecule has 1 aliphatic heterocycles. The highest BCUT2D eigenvalue weighted by Crippen LogP contribution is 2.54. The fourth-order valence-corrected chi connectivity index (χ4v) is 3.50. The van der Waals surface area contributed by atoms with Crippen LogP contribution in [-0.4, -0.2) is 11.7 Å². The Kier molecular flexibility index (Phi) is 2.34. The van der Waals surface area contributed by atoms with Gasteiger partial charge in [0.2, 0.25) is 0 Å². The Morgan fingerprint density at radius 3 is 2.93 bits per heavy atom. The molecule has 82 valence electrons. The number of ether oxygens (including phenoxy) is 1. The predicted octanol–water partition coefficient (Wildman–Crippen LogP) is 2.66. The summed E-state index contributed by atoms with van der Waals surface area (Å²) in [5, 5.41) is 11.3. The van der Waals surface area contributed by atoms with E-state index in [1.807, 2.05) is 0 Å². The van der Waals surface area contributed by atoms with Crippen LogP contribution in [0.4, 0.5) is 0 Å². The average molecular weight is 224 g/mol. The van der Waals surface area contributed by atoms with Gasteiger partial charge in [-0.2, -0.15) is 0 Å². The van der Waals surface area contributed by atoms with Gasteiger partial charge >= 0.3 is 0 Å². The predicted molar refractivity (Wildman–Crippen MR) is 59.8 cm³/mol. The van der Waals surface area contributed by atoms with Gasteiger partial charge in [-0.25, -0.2) is 0 Å². The molecule has 15 heavy (non-hydrogen) atoms. The fraction of sp³-hybridized carbons (Fsp3) is 0.667. The van der Waals surface area contributed by atoms with Crippen molar-refractivity contribution in [1.82, 2.24) is 0 Å². The molecule has 1 N–H and O–H groups in total. The maximum absolute atomic E-state index is 9.10. The molecule has 2 heterocycles. The topological polar surface area (TPSA) is 29.5 Å². The Morgan fingerprint density at radius 1 is 1.53 bits per heavy atom. The van der Waals surface area contributed by atoms with Crippen LogP contribution in [0.3, 0.4) is 0 Å². The van der Waals surface area contributed by atoms with Crippen molar-refractivity contribution in [3.8, 4) is 0 Å². The lowest BCUT2D eigenvalue weighted by Gasteiger charge is -2.27. The number of thiophene rings is 1. The molecule has 0 amide bonds. The molecular formula is C12H16O2S. The van der Waals surface area contributed by atoms with E-state index in [1.54, 1.807) is 11.3 Å². The number of aliphatic hydroxyl groups excluding tert-OH is 1. The van der Waals surface area contributed by atoms with Crippen LogP contribution in [0.2, 0.25) is 0 Å². The lowest BCUT2D eigenvalue weighted by Crippen LogP contribution is -2.26. The SMILES string of the molecule is OCc1cc(C2(C3CC3)CCCO2)cs1. The molecule has 1 unspecified atom stereocenters. The van der Waals surface area contributed by atoms with Crippen LogP contribution in [0, 0.1) is 5.92 Å². The highest BCUT2D eigenvalue weighted by atomic mass is 32.1. The molecule has 2 nitrogen and oxygen atoms in total. The lowest BCUT2D eigenvalue weighted by molar-refractivity contribution is -0.0190. The zero-order valence-electron chi connectivity index (χ0n) is 8.74. The van der Waals surface area contributed by atoms with Crippen molar-refractivity contribution in [2.75, 3.05) is 6.61 Å². The summed E-state index contributed by atoms with van der Waals surface area (Å²) < 4.78 is 6.03. The van der Waals surface area contributed by atoms with E-state index in [9.17, 15) is 0 Å². The minimum absolute atomic E-state index is 0.0178. The highest BCUT2D eigenvalue weighted by molar-refractivity contribution is 7.10. The van der Waals surface area contributed by atoms with E-state index in [-0.39, 0.29) is 12.2 Å². The minimum atomic E-state index is 0.0178. The maximum Gasteiger partial charge on any atom is 0.0968 e. The van der Waals surface area contributed by atoms with Crippen molar-refractivity contribution in [3.05, 3.63) is 21.9 Å². The van der Waals surface area contributed by atoms with E-state index in [0.29, 0.717) is 0 Å². The number of aliphatic hydroxyl groups is 1. The number of rotatable bonds is 3. The average Bonchev–Trinajstić information content (AvgIpc) is 2.85. The number of hydrogen-bond donors (Lipinski definition) is 1. The van der Waals surface area contributed by atoms with Gasteiger partial charge in [-0.05, 0) is 48.6 Å². The molecule has 0 aromatic carbocycles. The first-order valence-electron chi connectivity index (χ1n) is 5.68. The van der Waals surface area contributed by atoms with Gasteiger partial charge in [0.15, 0.2) is 0 Å². The van der Waals surface area contributed by atoms with E-state index < -0.39 is 0 Å². The summed E-state index contributed by atoms with van der Waals surface area (Å²) in [5.41, 5.74) is 1.33. The Balaban J connectivity index is 1.94. The second kappa shape index (κ2) is 3.58. The maximum atomic E-state index is 9.10. The number of hydrogen-bond acceptors (Lipinski definition) is 3. The van der Waals surface area contributed by atoms with E-state index in [2.05, 4.69) is 11.4 Å². The van der Waals surface area contributed by atoms with Crippen molar-refractivity contribution in [1.29, 1.82) is 0 Å². The van der Waals surface area contributed by atoms with Crippen LogP contribution in [0.15, 0.2) is 11.4 Å². The standard InChI is InChI=1S/C12H16O2S/c13-7-11-6-10(8-15-11)12(9-2-3-9)4-1-5-14-12/h6,8-9,13H,1-5,7H2. The first-order valence-corrected chi connectivity index (χ1v) is 6.56. The monoisotopic (exact) mass is 224 g/mol. The lowest BCUT2D eigenvalue weighted by atomic mass is 9.88. The van der Waals surface area contributed by atoms with Gasteiger partial charge in [-0.1, -0.05) is 0 Å². The third-order valence-electron chi connectivity index (χ3n) is 3.59. The summed E-state index contributed by atoms with van der Waals surface area (Å²) in [6, 6.07) is 2.13. The smallest absolute Gasteiger partial charge is 0.0968 e. The van der Waals surface area contributed by atoms with E-state index in [1.165, 1.54) is 31.2 Å². The molecule has 1 aliphatic carbocycles. The van der Waals surface area contributed by atoms with Gasteiger partial charge in [0, 0.05) is 11.5 Å². The van der Waals surface area contributed by atoms with Gasteiger partial charge in [0.1, 0.15) is 0 Å². The van der Waals surface area contributed by atoms with Gasteiger partial charge in [-0.15, -0.1) is 11.3 Å². The Labute approximate surface area is 93.9 Å². The van der Waals surface area contributed by atoms with Gasteiger partial charge in [-0.3, -0.25) is 0 Å². The zero-order valence-corrected chi connectivity index (χ0v) is 9.55. The van der Waals surface area contributed by atoms with Crippen molar-refractivity contribution < 1.29 is 9.84 Å². The molecule has 1 saturated carbocycles. The summed E-state index contributed by atoms with van der Waals surface area (Å²) in [7, 11) is 0. The Bertz CT molecular complexity index is 348. The normalized spacial score (nSPS) is 31.0. The van der Waals surface area contributed by atoms with Crippen molar-refractivity contribution in [3.63, 3.8) is 0 Å². The van der Waals surface area contributed by atoms with E-state index >= 15 is 0 Å². The van der Waals surface area contributed by atoms with E-state index in [0.717, 1.165) is 17.4 Å². The Morgan fingerprint density at radius 2 is 2.40 bits per heavy atom. The molecule has 1 aromatic heterocycles. The molecule has 3 heteroatoms. The summed E-state index contributed by atoms with van der Waals surface area (Å²) in [6.45, 7) is 1.06. The van der Waals surface area contributed by atoms with Crippen LogP contribution in [0.25, 0.3) is 0 Å². The van der Waals surface area contributed by atoms with Crippen LogP contribution in [-0.2, 0) is 16.9 Å². The quantitative estimate of drug-likeness (QED) is 0.855. The molecule has 2 fully saturated rings. The third-order valence-corrected chi connectivity index (χ3v) is 4.51. The third kappa shape index (κ3) is 1.53. The first-order chi connectivity index (χ1) is 7.35. The molecule has 1 atom stereocenters. The second-order valence-electron chi connectivity index (χ2n) is 4.58. The van der Waals surface area contributed by atoms with E-state index in [4.69, 9.17) is 9.84 Å². The van der Waals surface area contributed by atoms with Gasteiger partial charge < -0.3 is 9.84 Å². The first kappa shape index (κ1) is 9.82. The summed E-state index contributed by atoms with van der Waals surface area (Å²) in [4.78, 5) is 1.06. The van der Waals surface area contributed by atoms with Gasteiger partial charge in [0.05, 0.1) is 12.2 Å². The Hall–Kier alpha value is -0.380. The molecule has 3 rings (SSSR count). The fourth-order valence-electron chi connectivity index (χ4n) is 2.68. The molecule has 0 radical (unpaired) electrons. The second-order valence-corrected chi connectivity index (χ2v) is 5.57. The molecule has 0 spiro atoms. The zero-order chi connectivity index (χ0) is 10.3. The summed E-state index contributed by atoms with van der Waals surface area (Å²) in [6.07, 6.45) is 4.97. The van der Waals surface area contributed by atoms with Crippen molar-refractivity contribution in [2.24, 2.45) is 5.92 Å². The van der Waals surface area contributed by atoms with Gasteiger partial charge in [0.25, 0.3) is 0 Å². The van der Waals surface area contributed by atoms with Crippen LogP contribution >= 0.6 is 11.3 Å². The molecule has 1 saturated heterocycles. The highest BCUT2D eigenvalue weighted by Gasteiger charge is 2.49. The van der Waals surface area contributed by atoms with Crippen LogP contribution < -0.4 is 0 Å². The van der Waals surface area contributed by atoms with Crippen molar-refractivity contribution in [2.45, 2.75) is 37.9 Å². The molecule has 2 aliphatic rings.